The van der Waals surface area contributed by atoms with Gasteiger partial charge in [0.05, 0.1) is 4.92 Å². The molecule has 0 radical (unpaired) electrons. The first-order valence-electron chi connectivity index (χ1n) is 7.22. The first kappa shape index (κ1) is 16.9. The number of piperidine rings is 1. The van der Waals surface area contributed by atoms with Gasteiger partial charge in [-0.15, -0.1) is 0 Å². The van der Waals surface area contributed by atoms with Crippen molar-refractivity contribution < 1.29 is 13.3 Å². The summed E-state index contributed by atoms with van der Waals surface area (Å²) in [5, 5.41) is 14.5. The van der Waals surface area contributed by atoms with Gasteiger partial charge in [0, 0.05) is 17.6 Å². The topological polar surface area (TPSA) is 101 Å². The Morgan fingerprint density at radius 2 is 1.95 bits per heavy atom. The highest BCUT2D eigenvalue weighted by Gasteiger charge is 2.32. The number of rotatable bonds is 4. The van der Waals surface area contributed by atoms with Crippen molar-refractivity contribution in [3.63, 3.8) is 0 Å². The Hall–Kier alpha value is -1.51. The number of nitro benzene ring substituents is 1. The standard InChI is InChI=1S/C14H21N3O4S/c1-9-4-5-10(2)14(13(9)17(18)19)22(20,21)16-12-6-7-15-11(3)8-12/h4-5,11-12,15-16H,6-8H2,1-3H3. The Bertz CT molecular complexity index is 688. The van der Waals surface area contributed by atoms with Gasteiger partial charge in [-0.25, -0.2) is 13.1 Å². The van der Waals surface area contributed by atoms with Crippen molar-refractivity contribution in [1.82, 2.24) is 10.0 Å². The molecule has 22 heavy (non-hydrogen) atoms. The quantitative estimate of drug-likeness (QED) is 0.646. The normalized spacial score (nSPS) is 22.5. The maximum Gasteiger partial charge on any atom is 0.292 e. The van der Waals surface area contributed by atoms with Gasteiger partial charge in [0.2, 0.25) is 10.0 Å². The Balaban J connectivity index is 2.41. The lowest BCUT2D eigenvalue weighted by Crippen LogP contribution is -2.46. The predicted molar refractivity (Wildman–Crippen MR) is 83.4 cm³/mol. The van der Waals surface area contributed by atoms with Gasteiger partial charge in [0.25, 0.3) is 5.69 Å². The van der Waals surface area contributed by atoms with Crippen LogP contribution in [0.4, 0.5) is 5.69 Å². The van der Waals surface area contributed by atoms with E-state index in [1.54, 1.807) is 26.0 Å². The highest BCUT2D eigenvalue weighted by Crippen LogP contribution is 2.31. The number of nitrogens with one attached hydrogen (secondary N) is 2. The van der Waals surface area contributed by atoms with Crippen molar-refractivity contribution in [2.75, 3.05) is 6.54 Å². The minimum Gasteiger partial charge on any atom is -0.314 e. The van der Waals surface area contributed by atoms with Gasteiger partial charge in [-0.05, 0) is 45.7 Å². The molecule has 0 saturated carbocycles. The first-order valence-corrected chi connectivity index (χ1v) is 8.71. The molecule has 7 nitrogen and oxygen atoms in total. The number of nitrogens with zero attached hydrogens (tertiary/aromatic N) is 1. The monoisotopic (exact) mass is 327 g/mol. The molecule has 2 rings (SSSR count). The van der Waals surface area contributed by atoms with Crippen LogP contribution in [0.5, 0.6) is 0 Å². The highest BCUT2D eigenvalue weighted by atomic mass is 32.2. The van der Waals surface area contributed by atoms with E-state index in [0.29, 0.717) is 24.0 Å². The zero-order valence-electron chi connectivity index (χ0n) is 12.9. The van der Waals surface area contributed by atoms with Gasteiger partial charge in [-0.3, -0.25) is 10.1 Å². The summed E-state index contributed by atoms with van der Waals surface area (Å²) < 4.78 is 28.0. The van der Waals surface area contributed by atoms with E-state index in [1.807, 2.05) is 6.92 Å². The molecule has 0 spiro atoms. The fraction of sp³-hybridized carbons (Fsp3) is 0.571. The lowest BCUT2D eigenvalue weighted by atomic mass is 10.0. The average molecular weight is 327 g/mol. The molecule has 1 aromatic rings. The molecule has 1 saturated heterocycles. The van der Waals surface area contributed by atoms with Crippen LogP contribution >= 0.6 is 0 Å². The molecular weight excluding hydrogens is 306 g/mol. The van der Waals surface area contributed by atoms with Crippen LogP contribution in [0.25, 0.3) is 0 Å². The van der Waals surface area contributed by atoms with E-state index in [1.165, 1.54) is 0 Å². The van der Waals surface area contributed by atoms with E-state index in [2.05, 4.69) is 10.0 Å². The summed E-state index contributed by atoms with van der Waals surface area (Å²) in [4.78, 5) is 10.4. The second kappa shape index (κ2) is 6.31. The van der Waals surface area contributed by atoms with E-state index < -0.39 is 14.9 Å². The SMILES string of the molecule is Cc1ccc(C)c(S(=O)(=O)NC2CCNC(C)C2)c1[N+](=O)[O-]. The van der Waals surface area contributed by atoms with Gasteiger partial charge in [0.15, 0.2) is 4.90 Å². The Labute approximate surface area is 130 Å². The van der Waals surface area contributed by atoms with Gasteiger partial charge >= 0.3 is 0 Å². The second-order valence-electron chi connectivity index (χ2n) is 5.83. The molecule has 2 unspecified atom stereocenters. The minimum absolute atomic E-state index is 0.208. The molecule has 1 aliphatic heterocycles. The van der Waals surface area contributed by atoms with Crippen molar-refractivity contribution in [1.29, 1.82) is 0 Å². The van der Waals surface area contributed by atoms with Crippen LogP contribution in [0.3, 0.4) is 0 Å². The molecule has 1 fully saturated rings. The van der Waals surface area contributed by atoms with E-state index in [-0.39, 0.29) is 22.7 Å². The fourth-order valence-corrected chi connectivity index (χ4v) is 4.61. The predicted octanol–water partition coefficient (Wildman–Crippen LogP) is 1.63. The third kappa shape index (κ3) is 3.45. The third-order valence-corrected chi connectivity index (χ3v) is 5.62. The number of sulfonamides is 1. The molecule has 2 N–H and O–H groups in total. The number of benzene rings is 1. The molecule has 2 atom stereocenters. The first-order chi connectivity index (χ1) is 10.2. The zero-order valence-corrected chi connectivity index (χ0v) is 13.7. The van der Waals surface area contributed by atoms with Crippen LogP contribution in [0.1, 0.15) is 30.9 Å². The Morgan fingerprint density at radius 1 is 1.32 bits per heavy atom. The Kier molecular flexibility index (Phi) is 4.84. The highest BCUT2D eigenvalue weighted by molar-refractivity contribution is 7.89. The van der Waals surface area contributed by atoms with Crippen LogP contribution in [-0.2, 0) is 10.0 Å². The van der Waals surface area contributed by atoms with Crippen LogP contribution in [0.2, 0.25) is 0 Å². The Morgan fingerprint density at radius 3 is 2.55 bits per heavy atom. The van der Waals surface area contributed by atoms with Crippen LogP contribution in [0, 0.1) is 24.0 Å². The van der Waals surface area contributed by atoms with Crippen molar-refractivity contribution in [2.24, 2.45) is 0 Å². The minimum atomic E-state index is -3.93. The molecule has 0 amide bonds. The number of hydrogen-bond donors (Lipinski definition) is 2. The van der Waals surface area contributed by atoms with Crippen molar-refractivity contribution in [3.8, 4) is 0 Å². The summed E-state index contributed by atoms with van der Waals surface area (Å²) in [7, 11) is -3.93. The van der Waals surface area contributed by atoms with Gasteiger partial charge < -0.3 is 5.32 Å². The van der Waals surface area contributed by atoms with Crippen LogP contribution in [-0.4, -0.2) is 32.0 Å². The van der Waals surface area contributed by atoms with Gasteiger partial charge in [-0.1, -0.05) is 12.1 Å². The smallest absolute Gasteiger partial charge is 0.292 e. The molecule has 122 valence electrons. The van der Waals surface area contributed by atoms with E-state index >= 15 is 0 Å². The van der Waals surface area contributed by atoms with E-state index in [4.69, 9.17) is 0 Å². The maximum atomic E-state index is 12.7. The molecule has 1 heterocycles. The molecule has 0 aromatic heterocycles. The number of hydrogen-bond acceptors (Lipinski definition) is 5. The molecule has 0 bridgehead atoms. The second-order valence-corrected chi connectivity index (χ2v) is 7.48. The van der Waals surface area contributed by atoms with Crippen molar-refractivity contribution in [3.05, 3.63) is 33.4 Å². The summed E-state index contributed by atoms with van der Waals surface area (Å²) in [5.41, 5.74) is 0.385. The largest absolute Gasteiger partial charge is 0.314 e. The maximum absolute atomic E-state index is 12.7. The lowest BCUT2D eigenvalue weighted by Gasteiger charge is -2.28. The average Bonchev–Trinajstić information content (AvgIpc) is 2.40. The fourth-order valence-electron chi connectivity index (χ4n) is 2.85. The van der Waals surface area contributed by atoms with Crippen molar-refractivity contribution >= 4 is 15.7 Å². The number of nitro groups is 1. The molecule has 1 aliphatic rings. The van der Waals surface area contributed by atoms with Crippen molar-refractivity contribution in [2.45, 2.75) is 50.6 Å². The molecule has 8 heteroatoms. The number of aryl methyl sites for hydroxylation is 2. The van der Waals surface area contributed by atoms with Crippen LogP contribution in [0.15, 0.2) is 17.0 Å². The lowest BCUT2D eigenvalue weighted by molar-refractivity contribution is -0.388. The summed E-state index contributed by atoms with van der Waals surface area (Å²) in [6.07, 6.45) is 1.33. The summed E-state index contributed by atoms with van der Waals surface area (Å²) in [6, 6.07) is 3.18. The summed E-state index contributed by atoms with van der Waals surface area (Å²) >= 11 is 0. The third-order valence-electron chi connectivity index (χ3n) is 3.93. The zero-order chi connectivity index (χ0) is 16.5. The van der Waals surface area contributed by atoms with Gasteiger partial charge in [-0.2, -0.15) is 0 Å². The molecular formula is C14H21N3O4S. The summed E-state index contributed by atoms with van der Waals surface area (Å²) in [5.74, 6) is 0. The van der Waals surface area contributed by atoms with Crippen LogP contribution < -0.4 is 10.0 Å². The summed E-state index contributed by atoms with van der Waals surface area (Å²) in [6.45, 7) is 5.83. The van der Waals surface area contributed by atoms with E-state index in [9.17, 15) is 18.5 Å². The molecule has 1 aromatic carbocycles. The van der Waals surface area contributed by atoms with Gasteiger partial charge in [0.1, 0.15) is 0 Å². The molecule has 0 aliphatic carbocycles. The van der Waals surface area contributed by atoms with E-state index in [0.717, 1.165) is 6.54 Å².